The first-order chi connectivity index (χ1) is 31.4. The Labute approximate surface area is 404 Å². The number of aromatic nitrogens is 4. The number of carbonyl (C=O) groups is 3. The van der Waals surface area contributed by atoms with E-state index in [1.54, 1.807) is 24.0 Å². The van der Waals surface area contributed by atoms with E-state index in [1.165, 1.54) is 49.9 Å². The number of nitrogens with one attached hydrogen (secondary N) is 1. The third kappa shape index (κ3) is 15.8. The Balaban J connectivity index is 0.000000250. The van der Waals surface area contributed by atoms with E-state index in [0.717, 1.165) is 49.6 Å². The molecule has 0 radical (unpaired) electrons. The van der Waals surface area contributed by atoms with Crippen LogP contribution < -0.4 is 60.1 Å². The van der Waals surface area contributed by atoms with Crippen LogP contribution in [-0.2, 0) is 62.9 Å². The third-order valence-electron chi connectivity index (χ3n) is 10.7. The number of amides is 2. The van der Waals surface area contributed by atoms with Crippen molar-refractivity contribution in [3.8, 4) is 12.0 Å². The van der Waals surface area contributed by atoms with Gasteiger partial charge in [-0.05, 0) is 74.1 Å². The number of hydrogen-bond donors (Lipinski definition) is 3. The van der Waals surface area contributed by atoms with Crippen molar-refractivity contribution in [1.29, 1.82) is 0 Å². The zero-order valence-corrected chi connectivity index (χ0v) is 40.0. The van der Waals surface area contributed by atoms with Gasteiger partial charge in [0.1, 0.15) is 30.7 Å². The summed E-state index contributed by atoms with van der Waals surface area (Å²) in [5, 5.41) is 16.4. The molecule has 0 spiro atoms. The van der Waals surface area contributed by atoms with Crippen LogP contribution in [0, 0.1) is 10.1 Å². The molecule has 2 fully saturated rings. The number of H-pyrrole nitrogens is 1. The number of anilines is 3. The van der Waals surface area contributed by atoms with Gasteiger partial charge in [0.25, 0.3) is 17.5 Å². The molecule has 0 bridgehead atoms. The SMILES string of the molecule is CC(=O)O.COCCOc1nc(N)c2c(n1)N(Cc1ccc(CN3CCCC3)cc1)C(=O)C2.COCCOc1nc2c(c(=O)[nH]1)CC(=O)N2Cc1ccc(CN2CCCC2)cc1.O=N[O-].[Na+]. The first-order valence-corrected chi connectivity index (χ1v) is 21.3. The van der Waals surface area contributed by atoms with Crippen LogP contribution in [0.15, 0.2) is 58.7 Å². The van der Waals surface area contributed by atoms with E-state index in [2.05, 4.69) is 66.1 Å². The van der Waals surface area contributed by atoms with Gasteiger partial charge in [0.05, 0.1) is 44.7 Å². The molecule has 21 nitrogen and oxygen atoms in total. The molecule has 2 amide bonds. The van der Waals surface area contributed by atoms with Gasteiger partial charge in [-0.3, -0.25) is 43.8 Å². The smallest absolute Gasteiger partial charge is 0.481 e. The van der Waals surface area contributed by atoms with E-state index < -0.39 is 5.97 Å². The number of methoxy groups -OCH3 is 2. The number of benzene rings is 2. The average Bonchev–Trinajstić information content (AvgIpc) is 4.10. The summed E-state index contributed by atoms with van der Waals surface area (Å²) < 4.78 is 20.8. The summed E-state index contributed by atoms with van der Waals surface area (Å²) in [6.45, 7) is 9.93. The normalized spacial score (nSPS) is 15.0. The number of nitrogen functional groups attached to an aromatic ring is 1. The Morgan fingerprint density at radius 3 is 1.53 bits per heavy atom. The molecule has 0 unspecified atom stereocenters. The molecule has 2 saturated heterocycles. The topological polar surface area (TPSA) is 271 Å². The molecule has 0 saturated carbocycles. The number of carboxylic acid groups (broad SMARTS) is 1. The van der Waals surface area contributed by atoms with E-state index in [4.69, 9.17) is 44.7 Å². The minimum absolute atomic E-state index is 0. The molecule has 2 aromatic carbocycles. The summed E-state index contributed by atoms with van der Waals surface area (Å²) >= 11 is 0. The van der Waals surface area contributed by atoms with Crippen molar-refractivity contribution in [1.82, 2.24) is 29.7 Å². The molecule has 66 heavy (non-hydrogen) atoms. The largest absolute Gasteiger partial charge is 1.00 e. The molecule has 4 N–H and O–H groups in total. The molecule has 350 valence electrons. The number of nitrogens with zero attached hydrogens (tertiary/aromatic N) is 8. The van der Waals surface area contributed by atoms with Crippen LogP contribution >= 0.6 is 0 Å². The summed E-state index contributed by atoms with van der Waals surface area (Å²) in [6, 6.07) is 17.0. The Morgan fingerprint density at radius 2 is 1.09 bits per heavy atom. The van der Waals surface area contributed by atoms with Gasteiger partial charge in [-0.25, -0.2) is 0 Å². The predicted molar refractivity (Wildman–Crippen MR) is 240 cm³/mol. The maximum Gasteiger partial charge on any atom is 1.00 e. The number of nitrogens with two attached hydrogens (primary N) is 1. The number of ether oxygens (including phenoxy) is 4. The van der Waals surface area contributed by atoms with Crippen molar-refractivity contribution in [3.63, 3.8) is 0 Å². The number of hydrogen-bond acceptors (Lipinski definition) is 17. The molecule has 22 heteroatoms. The van der Waals surface area contributed by atoms with Crippen molar-refractivity contribution in [2.24, 2.45) is 5.34 Å². The van der Waals surface area contributed by atoms with Gasteiger partial charge >= 0.3 is 35.6 Å². The minimum atomic E-state index is -0.833. The van der Waals surface area contributed by atoms with Gasteiger partial charge < -0.3 is 39.9 Å². The van der Waals surface area contributed by atoms with E-state index in [1.807, 2.05) is 12.1 Å². The fourth-order valence-electron chi connectivity index (χ4n) is 7.60. The molecule has 6 heterocycles. The van der Waals surface area contributed by atoms with Crippen molar-refractivity contribution in [2.75, 3.05) is 82.4 Å². The quantitative estimate of drug-likeness (QED) is 0.0601. The van der Waals surface area contributed by atoms with Crippen molar-refractivity contribution in [3.05, 3.63) is 102 Å². The second-order valence-electron chi connectivity index (χ2n) is 15.6. The van der Waals surface area contributed by atoms with Gasteiger partial charge in [0, 0.05) is 39.8 Å². The monoisotopic (exact) mass is 924 g/mol. The molecular formula is C44H57N10NaO11. The fourth-order valence-corrected chi connectivity index (χ4v) is 7.60. The first-order valence-electron chi connectivity index (χ1n) is 21.3. The number of carboxylic acids is 1. The van der Waals surface area contributed by atoms with E-state index in [9.17, 15) is 14.4 Å². The van der Waals surface area contributed by atoms with Gasteiger partial charge in [0.2, 0.25) is 11.8 Å². The summed E-state index contributed by atoms with van der Waals surface area (Å²) in [5.41, 5.74) is 11.4. The fraction of sp³-hybridized carbons (Fsp3) is 0.477. The first kappa shape index (κ1) is 53.1. The molecule has 4 aliphatic rings. The van der Waals surface area contributed by atoms with Gasteiger partial charge in [0.15, 0.2) is 0 Å². The third-order valence-corrected chi connectivity index (χ3v) is 10.7. The van der Waals surface area contributed by atoms with Crippen molar-refractivity contribution >= 4 is 35.2 Å². The Kier molecular flexibility index (Phi) is 21.9. The predicted octanol–water partition coefficient (Wildman–Crippen LogP) is 0.595. The van der Waals surface area contributed by atoms with Crippen LogP contribution in [0.25, 0.3) is 0 Å². The van der Waals surface area contributed by atoms with Gasteiger partial charge in [-0.2, -0.15) is 15.0 Å². The van der Waals surface area contributed by atoms with E-state index >= 15 is 0 Å². The molecule has 4 aromatic rings. The number of rotatable bonds is 16. The Bertz CT molecular complexity index is 2250. The van der Waals surface area contributed by atoms with Gasteiger partial charge in [-0.15, -0.1) is 5.34 Å². The summed E-state index contributed by atoms with van der Waals surface area (Å²) in [6.07, 6.45) is 5.40. The minimum Gasteiger partial charge on any atom is -0.481 e. The number of aromatic amines is 1. The van der Waals surface area contributed by atoms with Crippen LogP contribution in [0.4, 0.5) is 17.5 Å². The second-order valence-corrected chi connectivity index (χ2v) is 15.6. The number of fused-ring (bicyclic) bond motifs is 2. The Hall–Kier alpha value is -5.55. The van der Waals surface area contributed by atoms with Crippen LogP contribution in [0.2, 0.25) is 0 Å². The zero-order chi connectivity index (χ0) is 46.7. The zero-order valence-electron chi connectivity index (χ0n) is 38.0. The van der Waals surface area contributed by atoms with E-state index in [-0.39, 0.29) is 78.4 Å². The molecule has 0 aliphatic carbocycles. The maximum absolute atomic E-state index is 12.6. The molecular weight excluding hydrogens is 868 g/mol. The summed E-state index contributed by atoms with van der Waals surface area (Å²) in [7, 11) is 3.16. The second kappa shape index (κ2) is 27.2. The average molecular weight is 925 g/mol. The number of carbonyl (C=O) groups excluding carboxylic acids is 2. The number of aliphatic carboxylic acids is 1. The van der Waals surface area contributed by atoms with Crippen LogP contribution in [0.5, 0.6) is 12.0 Å². The maximum atomic E-state index is 12.6. The molecule has 4 aliphatic heterocycles. The van der Waals surface area contributed by atoms with Crippen LogP contribution in [0.1, 0.15) is 66.0 Å². The summed E-state index contributed by atoms with van der Waals surface area (Å²) in [5.74, 6) is 0.215. The van der Waals surface area contributed by atoms with Crippen molar-refractivity contribution in [2.45, 2.75) is 71.6 Å². The molecule has 8 rings (SSSR count). The van der Waals surface area contributed by atoms with Crippen LogP contribution in [0.3, 0.4) is 0 Å². The van der Waals surface area contributed by atoms with E-state index in [0.29, 0.717) is 61.5 Å². The van der Waals surface area contributed by atoms with Gasteiger partial charge in [-0.1, -0.05) is 48.5 Å². The molecule has 0 atom stereocenters. The summed E-state index contributed by atoms with van der Waals surface area (Å²) in [4.78, 5) is 78.1. The van der Waals surface area contributed by atoms with Crippen molar-refractivity contribution < 1.29 is 68.0 Å². The van der Waals surface area contributed by atoms with Crippen LogP contribution in [-0.4, -0.2) is 119 Å². The molecule has 2 aromatic heterocycles. The number of likely N-dealkylation sites (tertiary alicyclic amines) is 2. The standard InChI is InChI=1S/C21H27N5O3.C21H26N4O4.C2H4O2.HNO2.Na/c1-28-10-11-29-21-23-19(22)17-12-18(27)26(20(17)24-21)14-16-6-4-15(5-7-16)13-25-8-2-3-9-25;1-28-10-11-29-21-22-19-17(20(27)23-21)12-18(26)25(19)14-16-6-4-15(5-7-16)13-24-8-2-3-9-24;1-2(3)4;2-1-3;/h4-7H,2-3,8-14H2,1H3,(H2,22,23,24);4-7H,2-3,8-14H2,1H3,(H,22,23,27);1H3,(H,3,4);(H,2,3);/q;;;;+1/p-1. The Morgan fingerprint density at radius 1 is 0.697 bits per heavy atom.